The van der Waals surface area contributed by atoms with E-state index in [0.29, 0.717) is 18.6 Å². The van der Waals surface area contributed by atoms with E-state index in [2.05, 4.69) is 75.0 Å². The SMILES string of the molecule is CCC(C)(C)c1ccc(OCCCC(=O)N/N=C\c2ccc(OC(F)F)cc2)c(C(C)(C)CC)c1. The van der Waals surface area contributed by atoms with Crippen molar-refractivity contribution in [3.05, 3.63) is 59.2 Å². The van der Waals surface area contributed by atoms with Crippen molar-refractivity contribution in [1.82, 2.24) is 5.43 Å². The molecule has 0 aromatic heterocycles. The monoisotopic (exact) mass is 488 g/mol. The Morgan fingerprint density at radius 2 is 1.69 bits per heavy atom. The number of hydrogen-bond donors (Lipinski definition) is 1. The first-order valence-corrected chi connectivity index (χ1v) is 12.1. The van der Waals surface area contributed by atoms with E-state index >= 15 is 0 Å². The Morgan fingerprint density at radius 1 is 1.03 bits per heavy atom. The van der Waals surface area contributed by atoms with Crippen molar-refractivity contribution >= 4 is 12.1 Å². The molecule has 0 spiro atoms. The van der Waals surface area contributed by atoms with Gasteiger partial charge in [0.2, 0.25) is 5.91 Å². The third kappa shape index (κ3) is 8.64. The van der Waals surface area contributed by atoms with Crippen LogP contribution >= 0.6 is 0 Å². The van der Waals surface area contributed by atoms with Crippen molar-refractivity contribution in [1.29, 1.82) is 0 Å². The van der Waals surface area contributed by atoms with E-state index in [9.17, 15) is 13.6 Å². The van der Waals surface area contributed by atoms with Crippen LogP contribution in [0.25, 0.3) is 0 Å². The molecule has 0 saturated heterocycles. The minimum Gasteiger partial charge on any atom is -0.493 e. The Morgan fingerprint density at radius 3 is 2.29 bits per heavy atom. The van der Waals surface area contributed by atoms with Crippen molar-refractivity contribution in [2.45, 2.75) is 84.7 Å². The second-order valence-electron chi connectivity index (χ2n) is 9.88. The van der Waals surface area contributed by atoms with Crippen molar-refractivity contribution in [3.8, 4) is 11.5 Å². The maximum Gasteiger partial charge on any atom is 0.387 e. The van der Waals surface area contributed by atoms with Crippen LogP contribution in [0.4, 0.5) is 8.78 Å². The van der Waals surface area contributed by atoms with Gasteiger partial charge in [-0.25, -0.2) is 5.43 Å². The average Bonchev–Trinajstić information content (AvgIpc) is 2.82. The smallest absolute Gasteiger partial charge is 0.387 e. The molecule has 1 N–H and O–H groups in total. The lowest BCUT2D eigenvalue weighted by Crippen LogP contribution is -2.21. The molecule has 0 heterocycles. The third-order valence-corrected chi connectivity index (χ3v) is 6.57. The van der Waals surface area contributed by atoms with Crippen LogP contribution in [0.2, 0.25) is 0 Å². The van der Waals surface area contributed by atoms with Gasteiger partial charge in [-0.05, 0) is 71.6 Å². The van der Waals surface area contributed by atoms with E-state index in [1.54, 1.807) is 12.1 Å². The normalized spacial score (nSPS) is 12.3. The zero-order chi connectivity index (χ0) is 26.1. The van der Waals surface area contributed by atoms with Crippen LogP contribution in [0.5, 0.6) is 11.5 Å². The number of rotatable bonds is 13. The fraction of sp³-hybridized carbons (Fsp3) is 0.500. The van der Waals surface area contributed by atoms with Crippen molar-refractivity contribution in [3.63, 3.8) is 0 Å². The van der Waals surface area contributed by atoms with E-state index < -0.39 is 6.61 Å². The number of hydrazone groups is 1. The maximum absolute atomic E-state index is 12.2. The van der Waals surface area contributed by atoms with Crippen LogP contribution in [0.3, 0.4) is 0 Å². The first kappa shape index (κ1) is 28.3. The number of benzene rings is 2. The summed E-state index contributed by atoms with van der Waals surface area (Å²) in [4.78, 5) is 12.1. The summed E-state index contributed by atoms with van der Waals surface area (Å²) in [5.74, 6) is 0.706. The second kappa shape index (κ2) is 12.7. The van der Waals surface area contributed by atoms with Gasteiger partial charge in [0.05, 0.1) is 12.8 Å². The zero-order valence-electron chi connectivity index (χ0n) is 21.7. The van der Waals surface area contributed by atoms with Crippen LogP contribution in [0, 0.1) is 0 Å². The number of halogens is 2. The van der Waals surface area contributed by atoms with E-state index in [-0.39, 0.29) is 28.9 Å². The van der Waals surface area contributed by atoms with Gasteiger partial charge in [0.15, 0.2) is 0 Å². The summed E-state index contributed by atoms with van der Waals surface area (Å²) in [5, 5.41) is 3.91. The topological polar surface area (TPSA) is 59.9 Å². The highest BCUT2D eigenvalue weighted by molar-refractivity contribution is 5.82. The van der Waals surface area contributed by atoms with Gasteiger partial charge in [-0.1, -0.05) is 53.7 Å². The van der Waals surface area contributed by atoms with E-state index in [1.807, 2.05) is 0 Å². The maximum atomic E-state index is 12.2. The lowest BCUT2D eigenvalue weighted by atomic mass is 9.76. The highest BCUT2D eigenvalue weighted by atomic mass is 19.3. The fourth-order valence-electron chi connectivity index (χ4n) is 3.39. The molecule has 0 bridgehead atoms. The van der Waals surface area contributed by atoms with Crippen LogP contribution in [-0.4, -0.2) is 25.3 Å². The predicted octanol–water partition coefficient (Wildman–Crippen LogP) is 6.97. The molecule has 7 heteroatoms. The molecule has 192 valence electrons. The summed E-state index contributed by atoms with van der Waals surface area (Å²) < 4.78 is 34.8. The number of nitrogens with one attached hydrogen (secondary N) is 1. The van der Waals surface area contributed by atoms with Gasteiger partial charge in [0.1, 0.15) is 11.5 Å². The summed E-state index contributed by atoms with van der Waals surface area (Å²) >= 11 is 0. The standard InChI is InChI=1S/C28H38F2N2O3/c1-7-27(3,4)21-13-16-24(23(18-21)28(5,6)8-2)34-17-9-10-25(33)32-31-19-20-11-14-22(15-12-20)35-26(29)30/h11-16,18-19,26H,7-10,17H2,1-6H3,(H,32,33)/b31-19-. The van der Waals surface area contributed by atoms with Crippen LogP contribution in [-0.2, 0) is 15.6 Å². The van der Waals surface area contributed by atoms with Crippen molar-refractivity contribution in [2.24, 2.45) is 5.10 Å². The van der Waals surface area contributed by atoms with Crippen molar-refractivity contribution < 1.29 is 23.0 Å². The molecule has 0 saturated carbocycles. The number of amides is 1. The first-order chi connectivity index (χ1) is 16.5. The fourth-order valence-corrected chi connectivity index (χ4v) is 3.39. The van der Waals surface area contributed by atoms with E-state index in [1.165, 1.54) is 29.5 Å². The Labute approximate surface area is 207 Å². The van der Waals surface area contributed by atoms with Gasteiger partial charge >= 0.3 is 6.61 Å². The number of carbonyl (C=O) groups is 1. The summed E-state index contributed by atoms with van der Waals surface area (Å²) in [5.41, 5.74) is 5.69. The third-order valence-electron chi connectivity index (χ3n) is 6.57. The van der Waals surface area contributed by atoms with Gasteiger partial charge in [0.25, 0.3) is 0 Å². The lowest BCUT2D eigenvalue weighted by Gasteiger charge is -2.30. The van der Waals surface area contributed by atoms with Gasteiger partial charge in [-0.3, -0.25) is 4.79 Å². The van der Waals surface area contributed by atoms with Crippen molar-refractivity contribution in [2.75, 3.05) is 6.61 Å². The van der Waals surface area contributed by atoms with E-state index in [4.69, 9.17) is 4.74 Å². The van der Waals surface area contributed by atoms with E-state index in [0.717, 1.165) is 18.6 Å². The lowest BCUT2D eigenvalue weighted by molar-refractivity contribution is -0.121. The van der Waals surface area contributed by atoms with Gasteiger partial charge in [-0.2, -0.15) is 13.9 Å². The Kier molecular flexibility index (Phi) is 10.2. The highest BCUT2D eigenvalue weighted by Crippen LogP contribution is 2.38. The minimum atomic E-state index is -2.87. The summed E-state index contributed by atoms with van der Waals surface area (Å²) in [6, 6.07) is 12.4. The molecular formula is C28H38F2N2O3. The molecule has 5 nitrogen and oxygen atoms in total. The Hall–Kier alpha value is -2.96. The predicted molar refractivity (Wildman–Crippen MR) is 137 cm³/mol. The summed E-state index contributed by atoms with van der Waals surface area (Å²) in [7, 11) is 0. The number of nitrogens with zero attached hydrogens (tertiary/aromatic N) is 1. The molecule has 0 unspecified atom stereocenters. The molecule has 1 amide bonds. The minimum absolute atomic E-state index is 0.0228. The molecule has 0 fully saturated rings. The molecule has 0 atom stereocenters. The Bertz CT molecular complexity index is 986. The first-order valence-electron chi connectivity index (χ1n) is 12.1. The van der Waals surface area contributed by atoms with Crippen LogP contribution < -0.4 is 14.9 Å². The number of alkyl halides is 2. The zero-order valence-corrected chi connectivity index (χ0v) is 21.7. The average molecular weight is 489 g/mol. The molecule has 2 rings (SSSR count). The number of hydrogen-bond acceptors (Lipinski definition) is 4. The molecule has 0 radical (unpaired) electrons. The molecule has 0 aliphatic heterocycles. The quantitative estimate of drug-likeness (QED) is 0.188. The molecule has 0 aliphatic carbocycles. The molecule has 35 heavy (non-hydrogen) atoms. The van der Waals surface area contributed by atoms with Gasteiger partial charge < -0.3 is 9.47 Å². The summed E-state index contributed by atoms with van der Waals surface area (Å²) in [6.45, 7) is 10.9. The molecule has 2 aromatic rings. The highest BCUT2D eigenvalue weighted by Gasteiger charge is 2.26. The second-order valence-corrected chi connectivity index (χ2v) is 9.88. The van der Waals surface area contributed by atoms with Gasteiger partial charge in [-0.15, -0.1) is 0 Å². The number of carbonyl (C=O) groups excluding carboxylic acids is 1. The summed E-state index contributed by atoms with van der Waals surface area (Å²) in [6.07, 6.45) is 4.30. The molecule has 2 aromatic carbocycles. The van der Waals surface area contributed by atoms with Gasteiger partial charge in [0, 0.05) is 12.0 Å². The van der Waals surface area contributed by atoms with Crippen LogP contribution in [0.1, 0.15) is 83.9 Å². The Balaban J connectivity index is 1.88. The molecule has 0 aliphatic rings. The molecular weight excluding hydrogens is 450 g/mol. The van der Waals surface area contributed by atoms with Crippen LogP contribution in [0.15, 0.2) is 47.6 Å². The number of ether oxygens (including phenoxy) is 2. The largest absolute Gasteiger partial charge is 0.493 e.